The van der Waals surface area contributed by atoms with Crippen LogP contribution in [0.25, 0.3) is 0 Å². The standard InChI is InChI=1S/C19H31NS/c1-5-20-19(13-21-17-9-7-6-8-10-17)18-12-15(3)14(2)11-16(18)4/h11-12,17,19-20H,5-10,13H2,1-4H3. The minimum Gasteiger partial charge on any atom is -0.310 e. The Morgan fingerprint density at radius 3 is 2.38 bits per heavy atom. The van der Waals surface area contributed by atoms with E-state index in [0.29, 0.717) is 6.04 Å². The molecule has 0 heterocycles. The SMILES string of the molecule is CCNC(CSC1CCCCC1)c1cc(C)c(C)cc1C. The van der Waals surface area contributed by atoms with Gasteiger partial charge in [-0.05, 0) is 62.4 Å². The lowest BCUT2D eigenvalue weighted by Gasteiger charge is -2.26. The average molecular weight is 306 g/mol. The molecule has 1 nitrogen and oxygen atoms in total. The zero-order valence-corrected chi connectivity index (χ0v) is 15.0. The molecular formula is C19H31NS. The Bertz CT molecular complexity index is 449. The van der Waals surface area contributed by atoms with Crippen molar-refractivity contribution in [2.75, 3.05) is 12.3 Å². The molecule has 0 spiro atoms. The Hall–Kier alpha value is -0.470. The maximum absolute atomic E-state index is 3.71. The molecule has 0 bridgehead atoms. The Labute approximate surface area is 135 Å². The number of aryl methyl sites for hydroxylation is 3. The Balaban J connectivity index is 2.05. The molecule has 1 fully saturated rings. The minimum atomic E-state index is 0.501. The number of benzene rings is 1. The van der Waals surface area contributed by atoms with E-state index < -0.39 is 0 Å². The van der Waals surface area contributed by atoms with E-state index in [1.165, 1.54) is 60.1 Å². The van der Waals surface area contributed by atoms with Crippen molar-refractivity contribution in [2.45, 2.75) is 71.1 Å². The van der Waals surface area contributed by atoms with Crippen molar-refractivity contribution in [2.24, 2.45) is 0 Å². The Kier molecular flexibility index (Phi) is 6.63. The van der Waals surface area contributed by atoms with Crippen LogP contribution in [0.4, 0.5) is 0 Å². The van der Waals surface area contributed by atoms with Crippen LogP contribution < -0.4 is 5.32 Å². The maximum Gasteiger partial charge on any atom is 0.0414 e. The van der Waals surface area contributed by atoms with E-state index in [2.05, 4.69) is 56.9 Å². The smallest absolute Gasteiger partial charge is 0.0414 e. The lowest BCUT2D eigenvalue weighted by atomic mass is 9.96. The molecule has 1 saturated carbocycles. The summed E-state index contributed by atoms with van der Waals surface area (Å²) in [5.41, 5.74) is 5.77. The molecule has 2 rings (SSSR count). The fourth-order valence-electron chi connectivity index (χ4n) is 3.33. The first-order valence-corrected chi connectivity index (χ1v) is 9.59. The molecule has 21 heavy (non-hydrogen) atoms. The monoisotopic (exact) mass is 305 g/mol. The first-order valence-electron chi connectivity index (χ1n) is 8.54. The van der Waals surface area contributed by atoms with Crippen LogP contribution in [-0.4, -0.2) is 17.5 Å². The predicted octanol–water partition coefficient (Wildman–Crippen LogP) is 5.33. The number of hydrogen-bond acceptors (Lipinski definition) is 2. The van der Waals surface area contributed by atoms with E-state index in [0.717, 1.165) is 11.8 Å². The van der Waals surface area contributed by atoms with Crippen LogP contribution in [0.2, 0.25) is 0 Å². The number of nitrogens with one attached hydrogen (secondary N) is 1. The van der Waals surface area contributed by atoms with Gasteiger partial charge in [-0.3, -0.25) is 0 Å². The maximum atomic E-state index is 3.71. The molecule has 1 aliphatic rings. The number of rotatable bonds is 6. The van der Waals surface area contributed by atoms with Crippen LogP contribution in [0, 0.1) is 20.8 Å². The molecule has 1 aromatic rings. The Morgan fingerprint density at radius 1 is 1.05 bits per heavy atom. The fraction of sp³-hybridized carbons (Fsp3) is 0.684. The lowest BCUT2D eigenvalue weighted by molar-refractivity contribution is 0.514. The third kappa shape index (κ3) is 4.75. The van der Waals surface area contributed by atoms with E-state index in [1.807, 2.05) is 0 Å². The average Bonchev–Trinajstić information content (AvgIpc) is 2.48. The lowest BCUT2D eigenvalue weighted by Crippen LogP contribution is -2.25. The molecule has 0 aliphatic heterocycles. The zero-order chi connectivity index (χ0) is 15.2. The summed E-state index contributed by atoms with van der Waals surface area (Å²) in [4.78, 5) is 0. The fourth-order valence-corrected chi connectivity index (χ4v) is 4.76. The predicted molar refractivity (Wildman–Crippen MR) is 96.4 cm³/mol. The summed E-state index contributed by atoms with van der Waals surface area (Å²) in [7, 11) is 0. The molecule has 118 valence electrons. The van der Waals surface area contributed by atoms with Gasteiger partial charge in [-0.2, -0.15) is 11.8 Å². The molecule has 0 amide bonds. The van der Waals surface area contributed by atoms with Crippen LogP contribution in [-0.2, 0) is 0 Å². The molecular weight excluding hydrogens is 274 g/mol. The van der Waals surface area contributed by atoms with Gasteiger partial charge >= 0.3 is 0 Å². The van der Waals surface area contributed by atoms with Crippen LogP contribution in [0.15, 0.2) is 12.1 Å². The van der Waals surface area contributed by atoms with Gasteiger partial charge in [0.05, 0.1) is 0 Å². The highest BCUT2D eigenvalue weighted by Gasteiger charge is 2.19. The highest BCUT2D eigenvalue weighted by molar-refractivity contribution is 7.99. The molecule has 0 saturated heterocycles. The van der Waals surface area contributed by atoms with Crippen molar-refractivity contribution in [1.82, 2.24) is 5.32 Å². The molecule has 0 radical (unpaired) electrons. The summed E-state index contributed by atoms with van der Waals surface area (Å²) in [6.45, 7) is 9.97. The molecule has 1 unspecified atom stereocenters. The van der Waals surface area contributed by atoms with Crippen molar-refractivity contribution < 1.29 is 0 Å². The van der Waals surface area contributed by atoms with Gasteiger partial charge in [-0.25, -0.2) is 0 Å². The van der Waals surface area contributed by atoms with Gasteiger partial charge in [0, 0.05) is 17.0 Å². The summed E-state index contributed by atoms with van der Waals surface area (Å²) in [6, 6.07) is 5.25. The van der Waals surface area contributed by atoms with Crippen molar-refractivity contribution in [1.29, 1.82) is 0 Å². The summed E-state index contributed by atoms with van der Waals surface area (Å²) < 4.78 is 0. The van der Waals surface area contributed by atoms with Crippen molar-refractivity contribution in [3.8, 4) is 0 Å². The highest BCUT2D eigenvalue weighted by Crippen LogP contribution is 2.32. The van der Waals surface area contributed by atoms with E-state index in [9.17, 15) is 0 Å². The van der Waals surface area contributed by atoms with Crippen LogP contribution in [0.3, 0.4) is 0 Å². The minimum absolute atomic E-state index is 0.501. The van der Waals surface area contributed by atoms with Gasteiger partial charge in [0.1, 0.15) is 0 Å². The van der Waals surface area contributed by atoms with E-state index in [1.54, 1.807) is 0 Å². The van der Waals surface area contributed by atoms with Crippen molar-refractivity contribution in [3.05, 3.63) is 34.4 Å². The van der Waals surface area contributed by atoms with Crippen molar-refractivity contribution in [3.63, 3.8) is 0 Å². The van der Waals surface area contributed by atoms with E-state index in [-0.39, 0.29) is 0 Å². The van der Waals surface area contributed by atoms with E-state index in [4.69, 9.17) is 0 Å². The third-order valence-corrected chi connectivity index (χ3v) is 6.23. The largest absolute Gasteiger partial charge is 0.310 e. The van der Waals surface area contributed by atoms with Crippen LogP contribution in [0.5, 0.6) is 0 Å². The summed E-state index contributed by atoms with van der Waals surface area (Å²) in [5, 5.41) is 4.60. The quantitative estimate of drug-likeness (QED) is 0.762. The molecule has 2 heteroatoms. The van der Waals surface area contributed by atoms with Gasteiger partial charge in [0.25, 0.3) is 0 Å². The topological polar surface area (TPSA) is 12.0 Å². The summed E-state index contributed by atoms with van der Waals surface area (Å²) in [5.74, 6) is 1.21. The Morgan fingerprint density at radius 2 is 1.71 bits per heavy atom. The summed E-state index contributed by atoms with van der Waals surface area (Å²) >= 11 is 2.20. The number of hydrogen-bond donors (Lipinski definition) is 1. The molecule has 1 N–H and O–H groups in total. The van der Waals surface area contributed by atoms with Gasteiger partial charge in [-0.15, -0.1) is 0 Å². The molecule has 1 aliphatic carbocycles. The molecule has 1 aromatic carbocycles. The van der Waals surface area contributed by atoms with E-state index >= 15 is 0 Å². The second-order valence-corrected chi connectivity index (χ2v) is 7.83. The van der Waals surface area contributed by atoms with Gasteiger partial charge < -0.3 is 5.32 Å². The van der Waals surface area contributed by atoms with Crippen LogP contribution >= 0.6 is 11.8 Å². The first-order chi connectivity index (χ1) is 10.1. The molecule has 1 atom stereocenters. The number of thioether (sulfide) groups is 1. The van der Waals surface area contributed by atoms with Gasteiger partial charge in [0.15, 0.2) is 0 Å². The van der Waals surface area contributed by atoms with Crippen LogP contribution in [0.1, 0.15) is 67.3 Å². The second-order valence-electron chi connectivity index (χ2n) is 6.50. The van der Waals surface area contributed by atoms with Gasteiger partial charge in [-0.1, -0.05) is 38.3 Å². The molecule has 0 aromatic heterocycles. The van der Waals surface area contributed by atoms with Crippen molar-refractivity contribution >= 4 is 11.8 Å². The normalized spacial score (nSPS) is 17.9. The highest BCUT2D eigenvalue weighted by atomic mass is 32.2. The van der Waals surface area contributed by atoms with Gasteiger partial charge in [0.2, 0.25) is 0 Å². The summed E-state index contributed by atoms with van der Waals surface area (Å²) in [6.07, 6.45) is 7.17. The zero-order valence-electron chi connectivity index (χ0n) is 14.2. The first kappa shape index (κ1) is 16.9. The second kappa shape index (κ2) is 8.24. The third-order valence-electron chi connectivity index (χ3n) is 4.76.